The number of thioether (sulfide) groups is 1. The van der Waals surface area contributed by atoms with E-state index in [1.54, 1.807) is 29.2 Å². The van der Waals surface area contributed by atoms with Crippen molar-refractivity contribution in [2.75, 3.05) is 38.2 Å². The van der Waals surface area contributed by atoms with E-state index < -0.39 is 11.1 Å². The number of imide groups is 1. The van der Waals surface area contributed by atoms with Gasteiger partial charge < -0.3 is 19.7 Å². The van der Waals surface area contributed by atoms with Gasteiger partial charge in [-0.15, -0.1) is 0 Å². The summed E-state index contributed by atoms with van der Waals surface area (Å²) in [5, 5.41) is 2.35. The fourth-order valence-electron chi connectivity index (χ4n) is 4.15. The number of anilines is 1. The number of nitrogens with one attached hydrogen (secondary N) is 1. The van der Waals surface area contributed by atoms with Gasteiger partial charge in [0.15, 0.2) is 18.1 Å². The van der Waals surface area contributed by atoms with Crippen molar-refractivity contribution in [1.82, 2.24) is 9.80 Å². The number of nitrogens with zero attached hydrogens (tertiary/aromatic N) is 2. The quantitative estimate of drug-likeness (QED) is 0.474. The number of ether oxygens (including phenoxy) is 2. The zero-order chi connectivity index (χ0) is 27.2. The highest BCUT2D eigenvalue weighted by Gasteiger charge is 2.37. The van der Waals surface area contributed by atoms with Crippen LogP contribution in [0, 0.1) is 13.8 Å². The Kier molecular flexibility index (Phi) is 8.73. The van der Waals surface area contributed by atoms with E-state index in [1.807, 2.05) is 39.0 Å². The predicted octanol–water partition coefficient (Wildman–Crippen LogP) is 4.38. The smallest absolute Gasteiger partial charge is 0.294 e. The van der Waals surface area contributed by atoms with Gasteiger partial charge in [0.2, 0.25) is 5.91 Å². The number of rotatable bonds is 9. The van der Waals surface area contributed by atoms with E-state index >= 15 is 0 Å². The van der Waals surface area contributed by atoms with Crippen LogP contribution < -0.4 is 14.8 Å². The van der Waals surface area contributed by atoms with Crippen LogP contribution in [-0.2, 0) is 14.4 Å². The molecule has 200 valence electrons. The van der Waals surface area contributed by atoms with Crippen LogP contribution in [0.5, 0.6) is 11.5 Å². The van der Waals surface area contributed by atoms with Gasteiger partial charge in [0.25, 0.3) is 17.1 Å². The average Bonchev–Trinajstić information content (AvgIpc) is 3.51. The fraction of sp³-hybridized carbons (Fsp3) is 0.357. The van der Waals surface area contributed by atoms with E-state index in [0.717, 1.165) is 40.6 Å². The number of aryl methyl sites for hydroxylation is 2. The number of likely N-dealkylation sites (tertiary alicyclic amines) is 1. The molecule has 0 spiro atoms. The molecular weight excluding hydrogens is 506 g/mol. The van der Waals surface area contributed by atoms with Crippen LogP contribution in [0.4, 0.5) is 10.5 Å². The summed E-state index contributed by atoms with van der Waals surface area (Å²) in [6, 6.07) is 10.7. The molecule has 38 heavy (non-hydrogen) atoms. The minimum absolute atomic E-state index is 0.212. The fourth-order valence-corrected chi connectivity index (χ4v) is 4.99. The predicted molar refractivity (Wildman–Crippen MR) is 146 cm³/mol. The summed E-state index contributed by atoms with van der Waals surface area (Å²) in [5.74, 6) is -0.231. The summed E-state index contributed by atoms with van der Waals surface area (Å²) >= 11 is 0.804. The van der Waals surface area contributed by atoms with Gasteiger partial charge in [-0.2, -0.15) is 0 Å². The van der Waals surface area contributed by atoms with Crippen molar-refractivity contribution in [1.29, 1.82) is 0 Å². The van der Waals surface area contributed by atoms with Gasteiger partial charge in [-0.25, -0.2) is 0 Å². The second-order valence-electron chi connectivity index (χ2n) is 9.13. The van der Waals surface area contributed by atoms with Crippen molar-refractivity contribution in [2.24, 2.45) is 0 Å². The summed E-state index contributed by atoms with van der Waals surface area (Å²) in [5.41, 5.74) is 3.53. The summed E-state index contributed by atoms with van der Waals surface area (Å²) in [6.07, 6.45) is 3.46. The molecule has 2 heterocycles. The Morgan fingerprint density at radius 3 is 2.47 bits per heavy atom. The third-order valence-electron chi connectivity index (χ3n) is 6.34. The Morgan fingerprint density at radius 2 is 1.76 bits per heavy atom. The number of carbonyl (C=O) groups excluding carboxylic acids is 4. The molecule has 10 heteroatoms. The van der Waals surface area contributed by atoms with E-state index in [9.17, 15) is 19.2 Å². The van der Waals surface area contributed by atoms with Gasteiger partial charge in [-0.1, -0.05) is 12.1 Å². The maximum atomic E-state index is 12.9. The SMILES string of the molecule is CCOc1cc(/C=C2/SC(=O)N(CC(=O)N3CCCC3)C2=O)ccc1OCC(=O)Nc1ccc(C)c(C)c1. The van der Waals surface area contributed by atoms with Crippen molar-refractivity contribution in [3.05, 3.63) is 58.0 Å². The highest BCUT2D eigenvalue weighted by atomic mass is 32.2. The molecule has 1 N–H and O–H groups in total. The van der Waals surface area contributed by atoms with Crippen molar-refractivity contribution >= 4 is 46.5 Å². The first-order chi connectivity index (χ1) is 18.2. The molecule has 0 saturated carbocycles. The third-order valence-corrected chi connectivity index (χ3v) is 7.25. The first kappa shape index (κ1) is 27.3. The number of benzene rings is 2. The third kappa shape index (κ3) is 6.55. The molecule has 2 aliphatic rings. The maximum Gasteiger partial charge on any atom is 0.294 e. The Labute approximate surface area is 226 Å². The lowest BCUT2D eigenvalue weighted by Crippen LogP contribution is -2.40. The second kappa shape index (κ2) is 12.2. The monoisotopic (exact) mass is 537 g/mol. The molecular formula is C28H31N3O6S. The highest BCUT2D eigenvalue weighted by molar-refractivity contribution is 8.18. The number of amides is 4. The molecule has 0 bridgehead atoms. The van der Waals surface area contributed by atoms with Crippen LogP contribution in [0.15, 0.2) is 41.3 Å². The maximum absolute atomic E-state index is 12.9. The summed E-state index contributed by atoms with van der Waals surface area (Å²) in [4.78, 5) is 53.1. The molecule has 4 rings (SSSR count). The topological polar surface area (TPSA) is 105 Å². The van der Waals surface area contributed by atoms with E-state index in [-0.39, 0.29) is 29.9 Å². The number of hydrogen-bond donors (Lipinski definition) is 1. The molecule has 0 atom stereocenters. The van der Waals surface area contributed by atoms with Crippen molar-refractivity contribution in [2.45, 2.75) is 33.6 Å². The normalized spacial score (nSPS) is 16.3. The van der Waals surface area contributed by atoms with E-state index in [2.05, 4.69) is 5.32 Å². The van der Waals surface area contributed by atoms with Crippen LogP contribution in [0.3, 0.4) is 0 Å². The Balaban J connectivity index is 1.41. The molecule has 0 aromatic heterocycles. The number of carbonyl (C=O) groups is 4. The molecule has 2 aromatic carbocycles. The zero-order valence-corrected chi connectivity index (χ0v) is 22.6. The van der Waals surface area contributed by atoms with Crippen LogP contribution >= 0.6 is 11.8 Å². The first-order valence-corrected chi connectivity index (χ1v) is 13.4. The summed E-state index contributed by atoms with van der Waals surface area (Å²) in [7, 11) is 0. The Bertz CT molecular complexity index is 1290. The lowest BCUT2D eigenvalue weighted by Gasteiger charge is -2.18. The summed E-state index contributed by atoms with van der Waals surface area (Å²) in [6.45, 7) is 7.03. The summed E-state index contributed by atoms with van der Waals surface area (Å²) < 4.78 is 11.4. The minimum atomic E-state index is -0.492. The molecule has 2 aromatic rings. The van der Waals surface area contributed by atoms with Gasteiger partial charge in [0.1, 0.15) is 6.54 Å². The zero-order valence-electron chi connectivity index (χ0n) is 21.7. The van der Waals surface area contributed by atoms with Crippen LogP contribution in [0.1, 0.15) is 36.5 Å². The van der Waals surface area contributed by atoms with Gasteiger partial charge in [-0.3, -0.25) is 24.1 Å². The lowest BCUT2D eigenvalue weighted by atomic mass is 10.1. The molecule has 9 nitrogen and oxygen atoms in total. The highest BCUT2D eigenvalue weighted by Crippen LogP contribution is 2.35. The van der Waals surface area contributed by atoms with Gasteiger partial charge in [-0.05, 0) is 92.4 Å². The molecule has 4 amide bonds. The molecule has 0 radical (unpaired) electrons. The molecule has 0 aliphatic carbocycles. The largest absolute Gasteiger partial charge is 0.490 e. The minimum Gasteiger partial charge on any atom is -0.490 e. The molecule has 2 saturated heterocycles. The van der Waals surface area contributed by atoms with E-state index in [4.69, 9.17) is 9.47 Å². The van der Waals surface area contributed by atoms with E-state index in [1.165, 1.54) is 0 Å². The van der Waals surface area contributed by atoms with Crippen molar-refractivity contribution < 1.29 is 28.7 Å². The Hall–Kier alpha value is -3.79. The Morgan fingerprint density at radius 1 is 1.00 bits per heavy atom. The lowest BCUT2D eigenvalue weighted by molar-refractivity contribution is -0.135. The van der Waals surface area contributed by atoms with Crippen molar-refractivity contribution in [3.63, 3.8) is 0 Å². The second-order valence-corrected chi connectivity index (χ2v) is 10.1. The molecule has 0 unspecified atom stereocenters. The number of hydrogen-bond acceptors (Lipinski definition) is 7. The van der Waals surface area contributed by atoms with Crippen molar-refractivity contribution in [3.8, 4) is 11.5 Å². The van der Waals surface area contributed by atoms with Gasteiger partial charge in [0, 0.05) is 18.8 Å². The van der Waals surface area contributed by atoms with Crippen LogP contribution in [-0.4, -0.2) is 65.6 Å². The van der Waals surface area contributed by atoms with Gasteiger partial charge in [0.05, 0.1) is 11.5 Å². The van der Waals surface area contributed by atoms with Crippen LogP contribution in [0.25, 0.3) is 6.08 Å². The van der Waals surface area contributed by atoms with Crippen LogP contribution in [0.2, 0.25) is 0 Å². The molecule has 2 fully saturated rings. The first-order valence-electron chi connectivity index (χ1n) is 12.5. The average molecular weight is 538 g/mol. The van der Waals surface area contributed by atoms with E-state index in [0.29, 0.717) is 42.4 Å². The van der Waals surface area contributed by atoms with Gasteiger partial charge >= 0.3 is 0 Å². The standard InChI is InChI=1S/C28H31N3O6S/c1-4-36-23-14-20(8-10-22(23)37-17-25(32)29-21-9-7-18(2)19(3)13-21)15-24-27(34)31(28(35)38-24)16-26(33)30-11-5-6-12-30/h7-10,13-15H,4-6,11-12,16-17H2,1-3H3,(H,29,32)/b24-15+. The molecule has 2 aliphatic heterocycles.